The van der Waals surface area contributed by atoms with Crippen molar-refractivity contribution < 1.29 is 0 Å². The molecule has 0 fully saturated rings. The van der Waals surface area contributed by atoms with Gasteiger partial charge in [0, 0.05) is 11.8 Å². The van der Waals surface area contributed by atoms with Crippen LogP contribution in [0.4, 0.5) is 0 Å². The molecule has 3 heteroatoms. The molecule has 2 nitrogen and oxygen atoms in total. The first-order valence-corrected chi connectivity index (χ1v) is 6.83. The van der Waals surface area contributed by atoms with Crippen LogP contribution in [0, 0.1) is 0 Å². The lowest BCUT2D eigenvalue weighted by Crippen LogP contribution is -1.94. The summed E-state index contributed by atoms with van der Waals surface area (Å²) in [6.07, 6.45) is 2.06. The number of fused-ring (bicyclic) bond motifs is 3. The number of hydrogen-bond donors (Lipinski definition) is 0. The maximum Gasteiger partial charge on any atom is 0.0965 e. The molecule has 0 aliphatic heterocycles. The second-order valence-electron chi connectivity index (χ2n) is 4.69. The Morgan fingerprint density at radius 2 is 1.55 bits per heavy atom. The van der Waals surface area contributed by atoms with Gasteiger partial charge in [-0.3, -0.25) is 0 Å². The summed E-state index contributed by atoms with van der Waals surface area (Å²) in [6, 6.07) is 20.0. The topological polar surface area (TPSA) is 17.3 Å². The standard InChI is InChI=1S/C17H11ClN2/c18-13-7-2-1-6-12(13)17-16-10-5-11-20(16)15-9-4-3-8-14(15)19-17/h1-11H. The molecule has 0 unspecified atom stereocenters. The molecule has 0 spiro atoms. The molecular formula is C17H11ClN2. The van der Waals surface area contributed by atoms with Crippen molar-refractivity contribution in [1.82, 2.24) is 9.38 Å². The van der Waals surface area contributed by atoms with Gasteiger partial charge < -0.3 is 4.40 Å². The highest BCUT2D eigenvalue weighted by molar-refractivity contribution is 6.33. The molecular weight excluding hydrogens is 268 g/mol. The van der Waals surface area contributed by atoms with Crippen molar-refractivity contribution in [2.45, 2.75) is 0 Å². The van der Waals surface area contributed by atoms with Gasteiger partial charge in [0.05, 0.1) is 27.3 Å². The molecule has 0 aliphatic rings. The van der Waals surface area contributed by atoms with Gasteiger partial charge in [0.2, 0.25) is 0 Å². The fourth-order valence-electron chi connectivity index (χ4n) is 2.58. The molecule has 4 aromatic rings. The minimum atomic E-state index is 0.721. The van der Waals surface area contributed by atoms with Crippen LogP contribution in [0.3, 0.4) is 0 Å². The first-order valence-electron chi connectivity index (χ1n) is 6.45. The lowest BCUT2D eigenvalue weighted by Gasteiger charge is -2.09. The van der Waals surface area contributed by atoms with E-state index in [2.05, 4.69) is 22.7 Å². The summed E-state index contributed by atoms with van der Waals surface area (Å²) in [5.74, 6) is 0. The molecule has 0 atom stereocenters. The van der Waals surface area contributed by atoms with Crippen molar-refractivity contribution in [2.24, 2.45) is 0 Å². The summed E-state index contributed by atoms with van der Waals surface area (Å²) in [7, 11) is 0. The zero-order valence-corrected chi connectivity index (χ0v) is 11.4. The van der Waals surface area contributed by atoms with Gasteiger partial charge in [-0.15, -0.1) is 0 Å². The van der Waals surface area contributed by atoms with Crippen molar-refractivity contribution in [2.75, 3.05) is 0 Å². The van der Waals surface area contributed by atoms with E-state index >= 15 is 0 Å². The van der Waals surface area contributed by atoms with Gasteiger partial charge in [-0.25, -0.2) is 4.98 Å². The van der Waals surface area contributed by atoms with Gasteiger partial charge in [0.15, 0.2) is 0 Å². The van der Waals surface area contributed by atoms with Crippen LogP contribution in [0.25, 0.3) is 27.8 Å². The molecule has 0 saturated heterocycles. The van der Waals surface area contributed by atoms with E-state index in [9.17, 15) is 0 Å². The third-order valence-electron chi connectivity index (χ3n) is 3.49. The molecule has 0 bridgehead atoms. The number of halogens is 1. The molecule has 20 heavy (non-hydrogen) atoms. The van der Waals surface area contributed by atoms with Gasteiger partial charge in [0.1, 0.15) is 0 Å². The van der Waals surface area contributed by atoms with Gasteiger partial charge in [-0.05, 0) is 30.3 Å². The third kappa shape index (κ3) is 1.62. The fraction of sp³-hybridized carbons (Fsp3) is 0. The predicted octanol–water partition coefficient (Wildman–Crippen LogP) is 4.81. The predicted molar refractivity (Wildman–Crippen MR) is 83.1 cm³/mol. The van der Waals surface area contributed by atoms with Crippen LogP contribution >= 0.6 is 11.6 Å². The minimum Gasteiger partial charge on any atom is -0.313 e. The van der Waals surface area contributed by atoms with Gasteiger partial charge in [0.25, 0.3) is 0 Å². The molecule has 0 radical (unpaired) electrons. The third-order valence-corrected chi connectivity index (χ3v) is 3.82. The molecule has 2 aromatic carbocycles. The summed E-state index contributed by atoms with van der Waals surface area (Å²) in [5.41, 5.74) is 5.01. The number of para-hydroxylation sites is 2. The van der Waals surface area contributed by atoms with Crippen LogP contribution in [0.15, 0.2) is 66.9 Å². The molecule has 4 rings (SSSR count). The van der Waals surface area contributed by atoms with E-state index in [1.165, 1.54) is 0 Å². The van der Waals surface area contributed by atoms with E-state index in [-0.39, 0.29) is 0 Å². The SMILES string of the molecule is Clc1ccccc1-c1nc2ccccc2n2cccc12. The Balaban J connectivity index is 2.17. The van der Waals surface area contributed by atoms with Gasteiger partial charge >= 0.3 is 0 Å². The Bertz CT molecular complexity index is 924. The van der Waals surface area contributed by atoms with Gasteiger partial charge in [-0.1, -0.05) is 41.9 Å². The van der Waals surface area contributed by atoms with E-state index in [0.29, 0.717) is 0 Å². The number of rotatable bonds is 1. The van der Waals surface area contributed by atoms with Crippen LogP contribution < -0.4 is 0 Å². The zero-order chi connectivity index (χ0) is 13.5. The number of hydrogen-bond acceptors (Lipinski definition) is 1. The minimum absolute atomic E-state index is 0.721. The average Bonchev–Trinajstić information content (AvgIpc) is 2.97. The summed E-state index contributed by atoms with van der Waals surface area (Å²) >= 11 is 6.33. The van der Waals surface area contributed by atoms with Crippen molar-refractivity contribution in [3.05, 3.63) is 71.9 Å². The number of aromatic nitrogens is 2. The molecule has 0 N–H and O–H groups in total. The summed E-state index contributed by atoms with van der Waals surface area (Å²) in [5, 5.41) is 0.721. The summed E-state index contributed by atoms with van der Waals surface area (Å²) < 4.78 is 2.15. The van der Waals surface area contributed by atoms with Crippen LogP contribution in [-0.2, 0) is 0 Å². The van der Waals surface area contributed by atoms with Gasteiger partial charge in [-0.2, -0.15) is 0 Å². The van der Waals surface area contributed by atoms with E-state index in [1.807, 2.05) is 48.5 Å². The lowest BCUT2D eigenvalue weighted by atomic mass is 10.1. The van der Waals surface area contributed by atoms with E-state index in [4.69, 9.17) is 16.6 Å². The van der Waals surface area contributed by atoms with Crippen LogP contribution in [0.2, 0.25) is 5.02 Å². The Morgan fingerprint density at radius 3 is 2.45 bits per heavy atom. The monoisotopic (exact) mass is 278 g/mol. The number of nitrogens with zero attached hydrogens (tertiary/aromatic N) is 2. The smallest absolute Gasteiger partial charge is 0.0965 e. The average molecular weight is 279 g/mol. The zero-order valence-electron chi connectivity index (χ0n) is 10.6. The van der Waals surface area contributed by atoms with Crippen molar-refractivity contribution >= 4 is 28.2 Å². The number of benzene rings is 2. The molecule has 0 amide bonds. The van der Waals surface area contributed by atoms with E-state index < -0.39 is 0 Å². The Hall–Kier alpha value is -2.32. The molecule has 2 heterocycles. The highest BCUT2D eigenvalue weighted by atomic mass is 35.5. The van der Waals surface area contributed by atoms with Crippen LogP contribution in [0.5, 0.6) is 0 Å². The fourth-order valence-corrected chi connectivity index (χ4v) is 2.80. The molecule has 2 aromatic heterocycles. The maximum absolute atomic E-state index is 6.33. The van der Waals surface area contributed by atoms with Crippen LogP contribution in [0.1, 0.15) is 0 Å². The second kappa shape index (κ2) is 4.36. The van der Waals surface area contributed by atoms with Crippen LogP contribution in [-0.4, -0.2) is 9.38 Å². The highest BCUT2D eigenvalue weighted by Crippen LogP contribution is 2.31. The first-order chi connectivity index (χ1) is 9.84. The highest BCUT2D eigenvalue weighted by Gasteiger charge is 2.11. The normalized spacial score (nSPS) is 11.2. The van der Waals surface area contributed by atoms with Crippen molar-refractivity contribution in [3.63, 3.8) is 0 Å². The Morgan fingerprint density at radius 1 is 0.800 bits per heavy atom. The second-order valence-corrected chi connectivity index (χ2v) is 5.10. The van der Waals surface area contributed by atoms with Crippen molar-refractivity contribution in [1.29, 1.82) is 0 Å². The quantitative estimate of drug-likeness (QED) is 0.488. The van der Waals surface area contributed by atoms with E-state index in [0.717, 1.165) is 32.8 Å². The molecule has 0 saturated carbocycles. The Labute approximate surface area is 121 Å². The summed E-state index contributed by atoms with van der Waals surface area (Å²) in [6.45, 7) is 0. The largest absolute Gasteiger partial charge is 0.313 e. The van der Waals surface area contributed by atoms with Crippen molar-refractivity contribution in [3.8, 4) is 11.3 Å². The molecule has 0 aliphatic carbocycles. The Kier molecular flexibility index (Phi) is 2.51. The first kappa shape index (κ1) is 11.5. The molecule has 96 valence electrons. The lowest BCUT2D eigenvalue weighted by molar-refractivity contribution is 1.23. The van der Waals surface area contributed by atoms with E-state index in [1.54, 1.807) is 0 Å². The maximum atomic E-state index is 6.33. The summed E-state index contributed by atoms with van der Waals surface area (Å²) in [4.78, 5) is 4.80.